The molecule has 13 heteroatoms. The molecule has 4 heterocycles. The summed E-state index contributed by atoms with van der Waals surface area (Å²) in [5.74, 6) is -0.319. The molecule has 3 aliphatic heterocycles. The molecular weight excluding hydrogens is 562 g/mol. The van der Waals surface area contributed by atoms with Crippen LogP contribution in [0.15, 0.2) is 17.5 Å². The third-order valence-electron chi connectivity index (χ3n) is 7.83. The van der Waals surface area contributed by atoms with Crippen LogP contribution in [0.1, 0.15) is 50.3 Å². The molecule has 39 heavy (non-hydrogen) atoms. The van der Waals surface area contributed by atoms with Crippen LogP contribution >= 0.6 is 22.9 Å². The van der Waals surface area contributed by atoms with E-state index in [2.05, 4.69) is 9.62 Å². The average molecular weight is 600 g/mol. The lowest BCUT2D eigenvalue weighted by Crippen LogP contribution is -2.55. The molecule has 3 saturated heterocycles. The maximum Gasteiger partial charge on any atom is 0.242 e. The first kappa shape index (κ1) is 30.0. The summed E-state index contributed by atoms with van der Waals surface area (Å²) in [6, 6.07) is 2.79. The average Bonchev–Trinajstić information content (AvgIpc) is 3.66. The van der Waals surface area contributed by atoms with Gasteiger partial charge in [0.2, 0.25) is 27.7 Å². The van der Waals surface area contributed by atoms with Crippen LogP contribution in [-0.2, 0) is 24.4 Å². The Morgan fingerprint density at radius 3 is 2.67 bits per heavy atom. The first-order valence-electron chi connectivity index (χ1n) is 13.6. The van der Waals surface area contributed by atoms with Gasteiger partial charge in [-0.05, 0) is 50.3 Å². The second-order valence-electron chi connectivity index (χ2n) is 10.5. The molecule has 3 fully saturated rings. The Labute approximate surface area is 240 Å². The van der Waals surface area contributed by atoms with E-state index >= 15 is 0 Å². The van der Waals surface area contributed by atoms with Gasteiger partial charge in [0, 0.05) is 68.6 Å². The SMILES string of the molecule is CCC(=O)N(C)C1CCN(CC2CCCN2C(=O)CN2CCCC(NS(=O)(=O)/C=C/c3ccc(Cl)s3)C2=O)C1. The molecule has 3 amide bonds. The van der Waals surface area contributed by atoms with Crippen molar-refractivity contribution >= 4 is 56.8 Å². The van der Waals surface area contributed by atoms with Crippen molar-refractivity contribution in [2.75, 3.05) is 46.3 Å². The summed E-state index contributed by atoms with van der Waals surface area (Å²) in [4.78, 5) is 46.7. The number of hydrogen-bond donors (Lipinski definition) is 1. The van der Waals surface area contributed by atoms with Crippen molar-refractivity contribution in [2.24, 2.45) is 0 Å². The Hall–Kier alpha value is -1.99. The van der Waals surface area contributed by atoms with Crippen molar-refractivity contribution in [1.29, 1.82) is 0 Å². The summed E-state index contributed by atoms with van der Waals surface area (Å²) < 4.78 is 28.2. The van der Waals surface area contributed by atoms with Gasteiger partial charge >= 0.3 is 0 Å². The van der Waals surface area contributed by atoms with E-state index < -0.39 is 16.1 Å². The predicted octanol–water partition coefficient (Wildman–Crippen LogP) is 2.22. The largest absolute Gasteiger partial charge is 0.341 e. The number of nitrogens with one attached hydrogen (secondary N) is 1. The number of nitrogens with zero attached hydrogens (tertiary/aromatic N) is 4. The number of hydrogen-bond acceptors (Lipinski definition) is 7. The van der Waals surface area contributed by atoms with Gasteiger partial charge in [-0.3, -0.25) is 19.3 Å². The summed E-state index contributed by atoms with van der Waals surface area (Å²) >= 11 is 7.15. The second kappa shape index (κ2) is 13.1. The van der Waals surface area contributed by atoms with Crippen LogP contribution in [-0.4, -0.2) is 110 Å². The van der Waals surface area contributed by atoms with Gasteiger partial charge in [0.15, 0.2) is 0 Å². The zero-order valence-electron chi connectivity index (χ0n) is 22.6. The minimum absolute atomic E-state index is 0.0482. The van der Waals surface area contributed by atoms with Crippen LogP contribution < -0.4 is 4.72 Å². The fraction of sp³-hybridized carbons (Fsp3) is 0.654. The third-order valence-corrected chi connectivity index (χ3v) is 10.1. The predicted molar refractivity (Wildman–Crippen MR) is 153 cm³/mol. The summed E-state index contributed by atoms with van der Waals surface area (Å²) in [5, 5.41) is 1.04. The summed E-state index contributed by atoms with van der Waals surface area (Å²) in [5.41, 5.74) is 0. The molecule has 4 rings (SSSR count). The fourth-order valence-corrected chi connectivity index (χ4v) is 7.74. The van der Waals surface area contributed by atoms with Crippen LogP contribution in [0.3, 0.4) is 0 Å². The Morgan fingerprint density at radius 1 is 1.18 bits per heavy atom. The maximum atomic E-state index is 13.3. The minimum atomic E-state index is -3.85. The highest BCUT2D eigenvalue weighted by Crippen LogP contribution is 2.24. The van der Waals surface area contributed by atoms with Crippen LogP contribution in [0.25, 0.3) is 6.08 Å². The van der Waals surface area contributed by atoms with Gasteiger partial charge in [0.05, 0.1) is 10.9 Å². The highest BCUT2D eigenvalue weighted by atomic mass is 35.5. The van der Waals surface area contributed by atoms with E-state index in [1.54, 1.807) is 12.1 Å². The van der Waals surface area contributed by atoms with Gasteiger partial charge in [-0.25, -0.2) is 8.42 Å². The van der Waals surface area contributed by atoms with E-state index in [0.29, 0.717) is 41.6 Å². The second-order valence-corrected chi connectivity index (χ2v) is 13.9. The van der Waals surface area contributed by atoms with Crippen LogP contribution in [0.4, 0.5) is 0 Å². The van der Waals surface area contributed by atoms with E-state index in [1.807, 2.05) is 23.8 Å². The number of carbonyl (C=O) groups is 3. The third kappa shape index (κ3) is 7.81. The lowest BCUT2D eigenvalue weighted by Gasteiger charge is -2.34. The standard InChI is InChI=1S/C26H38ClN5O5S2/c1-3-24(33)29(2)19-10-14-30(16-19)17-20-6-4-13-32(20)25(34)18-31-12-5-7-22(26(31)35)28-39(36,37)15-11-21-8-9-23(27)38-21/h8-9,11,15,19-20,22,28H,3-7,10,12-14,16-18H2,1-2H3/b15-11+. The molecule has 1 N–H and O–H groups in total. The molecular formula is C26H38ClN5O5S2. The number of halogens is 1. The van der Waals surface area contributed by atoms with Crippen molar-refractivity contribution in [1.82, 2.24) is 24.3 Å². The lowest BCUT2D eigenvalue weighted by atomic mass is 10.1. The van der Waals surface area contributed by atoms with Gasteiger partial charge < -0.3 is 14.7 Å². The smallest absolute Gasteiger partial charge is 0.242 e. The van der Waals surface area contributed by atoms with Gasteiger partial charge in [0.25, 0.3) is 0 Å². The molecule has 0 aromatic carbocycles. The van der Waals surface area contributed by atoms with E-state index in [-0.39, 0.29) is 36.3 Å². The number of likely N-dealkylation sites (tertiary alicyclic amines) is 3. The van der Waals surface area contributed by atoms with Gasteiger partial charge in [-0.2, -0.15) is 4.72 Å². The highest BCUT2D eigenvalue weighted by molar-refractivity contribution is 7.92. The summed E-state index contributed by atoms with van der Waals surface area (Å²) in [7, 11) is -1.99. The first-order valence-corrected chi connectivity index (χ1v) is 16.3. The maximum absolute atomic E-state index is 13.3. The molecule has 0 saturated carbocycles. The topological polar surface area (TPSA) is 110 Å². The molecule has 10 nitrogen and oxygen atoms in total. The molecule has 0 radical (unpaired) electrons. The van der Waals surface area contributed by atoms with Crippen molar-refractivity contribution in [3.63, 3.8) is 0 Å². The quantitative estimate of drug-likeness (QED) is 0.442. The van der Waals surface area contributed by atoms with Crippen molar-refractivity contribution in [3.05, 3.63) is 26.8 Å². The molecule has 0 bridgehead atoms. The van der Waals surface area contributed by atoms with Crippen LogP contribution in [0.2, 0.25) is 4.34 Å². The van der Waals surface area contributed by atoms with Gasteiger partial charge in [-0.15, -0.1) is 11.3 Å². The Kier molecular flexibility index (Phi) is 10.1. The minimum Gasteiger partial charge on any atom is -0.341 e. The number of carbonyl (C=O) groups excluding carboxylic acids is 3. The van der Waals surface area contributed by atoms with Crippen LogP contribution in [0.5, 0.6) is 0 Å². The van der Waals surface area contributed by atoms with Crippen LogP contribution in [0, 0.1) is 0 Å². The summed E-state index contributed by atoms with van der Waals surface area (Å²) in [6.07, 6.45) is 5.70. The van der Waals surface area contributed by atoms with Crippen molar-refractivity contribution in [2.45, 2.75) is 63.6 Å². The zero-order valence-corrected chi connectivity index (χ0v) is 24.9. The van der Waals surface area contributed by atoms with E-state index in [1.165, 1.54) is 22.3 Å². The molecule has 1 aromatic rings. The fourth-order valence-electron chi connectivity index (χ4n) is 5.67. The molecule has 0 spiro atoms. The first-order chi connectivity index (χ1) is 18.6. The normalized spacial score (nSPS) is 24.7. The molecule has 3 atom stereocenters. The molecule has 216 valence electrons. The van der Waals surface area contributed by atoms with Gasteiger partial charge in [-0.1, -0.05) is 18.5 Å². The Morgan fingerprint density at radius 2 is 1.95 bits per heavy atom. The molecule has 3 aliphatic rings. The number of rotatable bonds is 10. The number of thiophene rings is 1. The highest BCUT2D eigenvalue weighted by Gasteiger charge is 2.37. The van der Waals surface area contributed by atoms with E-state index in [9.17, 15) is 22.8 Å². The zero-order chi connectivity index (χ0) is 28.2. The monoisotopic (exact) mass is 599 g/mol. The molecule has 1 aromatic heterocycles. The molecule has 3 unspecified atom stereocenters. The number of likely N-dealkylation sites (N-methyl/N-ethyl adjacent to an activating group) is 1. The molecule has 0 aliphatic carbocycles. The van der Waals surface area contributed by atoms with Crippen molar-refractivity contribution in [3.8, 4) is 0 Å². The van der Waals surface area contributed by atoms with E-state index in [0.717, 1.165) is 44.3 Å². The Bertz CT molecular complexity index is 1190. The van der Waals surface area contributed by atoms with Crippen molar-refractivity contribution < 1.29 is 22.8 Å². The number of sulfonamides is 1. The summed E-state index contributed by atoms with van der Waals surface area (Å²) in [6.45, 7) is 5.37. The van der Waals surface area contributed by atoms with Gasteiger partial charge in [0.1, 0.15) is 6.04 Å². The Balaban J connectivity index is 1.30. The van der Waals surface area contributed by atoms with E-state index in [4.69, 9.17) is 11.6 Å². The number of piperidine rings is 1. The number of amides is 3. The lowest BCUT2D eigenvalue weighted by molar-refractivity contribution is -0.143.